The fourth-order valence-electron chi connectivity index (χ4n) is 1.51. The lowest BCUT2D eigenvalue weighted by atomic mass is 9.98. The fourth-order valence-corrected chi connectivity index (χ4v) is 2.50. The first-order valence-electron chi connectivity index (χ1n) is 4.70. The summed E-state index contributed by atoms with van der Waals surface area (Å²) < 4.78 is 27.0. The molecule has 0 aliphatic carbocycles. The lowest BCUT2D eigenvalue weighted by Crippen LogP contribution is -2.52. The molecule has 0 aromatic rings. The first-order chi connectivity index (χ1) is 6.26. The van der Waals surface area contributed by atoms with Gasteiger partial charge in [-0.1, -0.05) is 0 Å². The number of hydrogen-bond acceptors (Lipinski definition) is 3. The average Bonchev–Trinajstić information content (AvgIpc) is 2.30. The summed E-state index contributed by atoms with van der Waals surface area (Å²) in [7, 11) is -0.258. The Morgan fingerprint density at radius 1 is 1.43 bits per heavy atom. The van der Waals surface area contributed by atoms with Crippen molar-refractivity contribution < 1.29 is 8.42 Å². The summed E-state index contributed by atoms with van der Waals surface area (Å²) in [6, 6.07) is -0.0325. The van der Waals surface area contributed by atoms with Crippen molar-refractivity contribution in [2.45, 2.75) is 31.8 Å². The molecule has 1 atom stereocenters. The van der Waals surface area contributed by atoms with E-state index >= 15 is 0 Å². The molecule has 2 N–H and O–H groups in total. The average molecular weight is 221 g/mol. The van der Waals surface area contributed by atoms with Gasteiger partial charge in [-0.15, -0.1) is 0 Å². The van der Waals surface area contributed by atoms with Crippen LogP contribution >= 0.6 is 0 Å². The first-order valence-corrected chi connectivity index (χ1v) is 6.14. The quantitative estimate of drug-likeness (QED) is 0.677. The van der Waals surface area contributed by atoms with Crippen LogP contribution in [0.15, 0.2) is 0 Å². The summed E-state index contributed by atoms with van der Waals surface area (Å²) in [4.78, 5) is 0. The molecule has 1 saturated heterocycles. The Labute approximate surface area is 86.0 Å². The van der Waals surface area contributed by atoms with E-state index in [0.29, 0.717) is 0 Å². The van der Waals surface area contributed by atoms with Crippen LogP contribution in [0, 0.1) is 0 Å². The molecule has 1 unspecified atom stereocenters. The van der Waals surface area contributed by atoms with E-state index in [9.17, 15) is 8.42 Å². The van der Waals surface area contributed by atoms with Gasteiger partial charge in [0.05, 0.1) is 0 Å². The van der Waals surface area contributed by atoms with Crippen molar-refractivity contribution in [3.63, 3.8) is 0 Å². The molecule has 0 bridgehead atoms. The van der Waals surface area contributed by atoms with Crippen LogP contribution in [0.1, 0.15) is 20.3 Å². The minimum Gasteiger partial charge on any atom is -0.310 e. The second-order valence-electron chi connectivity index (χ2n) is 4.40. The minimum absolute atomic E-state index is 0.0325. The van der Waals surface area contributed by atoms with Crippen molar-refractivity contribution in [2.75, 3.05) is 20.6 Å². The maximum Gasteiger partial charge on any atom is 0.279 e. The molecule has 14 heavy (non-hydrogen) atoms. The van der Waals surface area contributed by atoms with E-state index in [1.165, 1.54) is 18.4 Å². The molecule has 0 radical (unpaired) electrons. The van der Waals surface area contributed by atoms with Crippen molar-refractivity contribution in [3.8, 4) is 0 Å². The van der Waals surface area contributed by atoms with E-state index in [1.54, 1.807) is 0 Å². The molecule has 1 heterocycles. The van der Waals surface area contributed by atoms with Gasteiger partial charge in [0, 0.05) is 25.7 Å². The smallest absolute Gasteiger partial charge is 0.279 e. The Bertz CT molecular complexity index is 298. The third-order valence-electron chi connectivity index (χ3n) is 2.66. The Morgan fingerprint density at radius 3 is 2.36 bits per heavy atom. The molecule has 0 amide bonds. The predicted molar refractivity (Wildman–Crippen MR) is 56.2 cm³/mol. The number of hydrogen-bond donors (Lipinski definition) is 2. The maximum absolute atomic E-state index is 11.6. The molecule has 1 aliphatic heterocycles. The van der Waals surface area contributed by atoms with Gasteiger partial charge in [0.15, 0.2) is 0 Å². The third-order valence-corrected chi connectivity index (χ3v) is 4.20. The summed E-state index contributed by atoms with van der Waals surface area (Å²) in [6.45, 7) is 4.86. The number of nitrogens with zero attached hydrogens (tertiary/aromatic N) is 1. The van der Waals surface area contributed by atoms with Crippen LogP contribution in [-0.4, -0.2) is 44.9 Å². The van der Waals surface area contributed by atoms with Crippen LogP contribution in [0.4, 0.5) is 0 Å². The van der Waals surface area contributed by atoms with Gasteiger partial charge in [0.2, 0.25) is 0 Å². The van der Waals surface area contributed by atoms with E-state index in [4.69, 9.17) is 0 Å². The largest absolute Gasteiger partial charge is 0.310 e. The van der Waals surface area contributed by atoms with Crippen molar-refractivity contribution in [3.05, 3.63) is 0 Å². The van der Waals surface area contributed by atoms with Gasteiger partial charge in [-0.3, -0.25) is 0 Å². The van der Waals surface area contributed by atoms with Crippen LogP contribution in [0.25, 0.3) is 0 Å². The highest BCUT2D eigenvalue weighted by molar-refractivity contribution is 7.87. The summed E-state index contributed by atoms with van der Waals surface area (Å²) in [5, 5.41) is 3.26. The SMILES string of the molecule is CN(C)S(=O)(=O)NC1CCNC1(C)C. The molecule has 0 saturated carbocycles. The van der Waals surface area contributed by atoms with Gasteiger partial charge in [-0.25, -0.2) is 0 Å². The Morgan fingerprint density at radius 2 is 2.00 bits per heavy atom. The van der Waals surface area contributed by atoms with Crippen molar-refractivity contribution in [2.24, 2.45) is 0 Å². The first kappa shape index (κ1) is 11.9. The molecule has 6 heteroatoms. The second-order valence-corrected chi connectivity index (χ2v) is 6.31. The van der Waals surface area contributed by atoms with Crippen LogP contribution in [0.3, 0.4) is 0 Å². The Kier molecular flexibility index (Phi) is 3.20. The molecule has 1 rings (SSSR count). The standard InChI is InChI=1S/C8H19N3O2S/c1-8(2)7(5-6-9-8)10-14(12,13)11(3)4/h7,9-10H,5-6H2,1-4H3. The van der Waals surface area contributed by atoms with Crippen molar-refractivity contribution in [1.82, 2.24) is 14.3 Å². The molecule has 0 spiro atoms. The topological polar surface area (TPSA) is 61.4 Å². The van der Waals surface area contributed by atoms with E-state index in [1.807, 2.05) is 13.8 Å². The van der Waals surface area contributed by atoms with Crippen molar-refractivity contribution >= 4 is 10.2 Å². The highest BCUT2D eigenvalue weighted by Gasteiger charge is 2.36. The van der Waals surface area contributed by atoms with Gasteiger partial charge < -0.3 is 5.32 Å². The van der Waals surface area contributed by atoms with E-state index in [0.717, 1.165) is 13.0 Å². The highest BCUT2D eigenvalue weighted by Crippen LogP contribution is 2.19. The Balaban J connectivity index is 2.70. The summed E-state index contributed by atoms with van der Waals surface area (Å²) in [6.07, 6.45) is 0.833. The third kappa shape index (κ3) is 2.44. The normalized spacial score (nSPS) is 27.1. The zero-order valence-corrected chi connectivity index (χ0v) is 9.98. The van der Waals surface area contributed by atoms with Crippen LogP contribution in [0.5, 0.6) is 0 Å². The van der Waals surface area contributed by atoms with E-state index in [-0.39, 0.29) is 11.6 Å². The Hall–Kier alpha value is -0.170. The van der Waals surface area contributed by atoms with E-state index < -0.39 is 10.2 Å². The number of nitrogens with one attached hydrogen (secondary N) is 2. The maximum atomic E-state index is 11.6. The molecular formula is C8H19N3O2S. The van der Waals surface area contributed by atoms with Gasteiger partial charge in [-0.05, 0) is 26.8 Å². The highest BCUT2D eigenvalue weighted by atomic mass is 32.2. The molecular weight excluding hydrogens is 202 g/mol. The molecule has 0 aromatic carbocycles. The van der Waals surface area contributed by atoms with Gasteiger partial charge in [-0.2, -0.15) is 17.4 Å². The zero-order chi connectivity index (χ0) is 11.0. The summed E-state index contributed by atoms with van der Waals surface area (Å²) >= 11 is 0. The lowest BCUT2D eigenvalue weighted by molar-refractivity contribution is 0.377. The number of rotatable bonds is 3. The van der Waals surface area contributed by atoms with Crippen LogP contribution in [-0.2, 0) is 10.2 Å². The molecule has 84 valence electrons. The fraction of sp³-hybridized carbons (Fsp3) is 1.00. The van der Waals surface area contributed by atoms with Gasteiger partial charge in [0.25, 0.3) is 10.2 Å². The lowest BCUT2D eigenvalue weighted by Gasteiger charge is -2.28. The predicted octanol–water partition coefficient (Wildman–Crippen LogP) is -0.477. The molecule has 0 aromatic heterocycles. The van der Waals surface area contributed by atoms with E-state index in [2.05, 4.69) is 10.0 Å². The molecule has 1 fully saturated rings. The monoisotopic (exact) mass is 221 g/mol. The van der Waals surface area contributed by atoms with Crippen molar-refractivity contribution in [1.29, 1.82) is 0 Å². The molecule has 1 aliphatic rings. The van der Waals surface area contributed by atoms with Gasteiger partial charge >= 0.3 is 0 Å². The minimum atomic E-state index is -3.31. The summed E-state index contributed by atoms with van der Waals surface area (Å²) in [5.74, 6) is 0. The summed E-state index contributed by atoms with van der Waals surface area (Å²) in [5.41, 5.74) is -0.164. The zero-order valence-electron chi connectivity index (χ0n) is 9.16. The van der Waals surface area contributed by atoms with Crippen LogP contribution in [0.2, 0.25) is 0 Å². The molecule has 5 nitrogen and oxygen atoms in total. The second kappa shape index (κ2) is 3.77. The van der Waals surface area contributed by atoms with Crippen LogP contribution < -0.4 is 10.0 Å². The van der Waals surface area contributed by atoms with Gasteiger partial charge in [0.1, 0.15) is 0 Å².